The van der Waals surface area contributed by atoms with Gasteiger partial charge in [-0.05, 0) is 43.0 Å². The van der Waals surface area contributed by atoms with Crippen molar-refractivity contribution >= 4 is 27.0 Å². The molecule has 0 saturated carbocycles. The average molecular weight is 433 g/mol. The molecule has 0 fully saturated rings. The predicted molar refractivity (Wildman–Crippen MR) is 109 cm³/mol. The number of carbonyl (C=O) groups excluding carboxylic acids is 1. The minimum absolute atomic E-state index is 0.0316. The molecular formula is C19H20FN5O4S. The Morgan fingerprint density at radius 1 is 1.33 bits per heavy atom. The molecule has 0 aliphatic rings. The normalized spacial score (nSPS) is 12.3. The summed E-state index contributed by atoms with van der Waals surface area (Å²) < 4.78 is 46.7. The van der Waals surface area contributed by atoms with Crippen molar-refractivity contribution in [3.63, 3.8) is 0 Å². The molecule has 3 N–H and O–H groups in total. The zero-order valence-corrected chi connectivity index (χ0v) is 17.1. The second-order valence-corrected chi connectivity index (χ2v) is 8.14. The Morgan fingerprint density at radius 3 is 2.77 bits per heavy atom. The lowest BCUT2D eigenvalue weighted by atomic mass is 10.0. The minimum Gasteiger partial charge on any atom is -0.465 e. The number of fused-ring (bicyclic) bond motifs is 1. The van der Waals surface area contributed by atoms with Crippen molar-refractivity contribution in [1.29, 1.82) is 0 Å². The van der Waals surface area contributed by atoms with Gasteiger partial charge in [0.25, 0.3) is 0 Å². The number of esters is 1. The number of allylic oxidation sites excluding steroid dienone is 1. The molecule has 0 atom stereocenters. The van der Waals surface area contributed by atoms with Crippen molar-refractivity contribution in [2.45, 2.75) is 11.4 Å². The third-order valence-corrected chi connectivity index (χ3v) is 5.82. The maximum Gasteiger partial charge on any atom is 0.337 e. The number of halogens is 1. The van der Waals surface area contributed by atoms with E-state index in [2.05, 4.69) is 15.0 Å². The third kappa shape index (κ3) is 4.22. The molecule has 3 aromatic rings. The van der Waals surface area contributed by atoms with Crippen LogP contribution in [0.15, 0.2) is 53.2 Å². The lowest BCUT2D eigenvalue weighted by molar-refractivity contribution is 0.0601. The van der Waals surface area contributed by atoms with Crippen LogP contribution in [0.5, 0.6) is 0 Å². The van der Waals surface area contributed by atoms with Gasteiger partial charge in [-0.25, -0.2) is 27.0 Å². The number of carbonyl (C=O) groups is 1. The van der Waals surface area contributed by atoms with Gasteiger partial charge in [0.2, 0.25) is 10.0 Å². The van der Waals surface area contributed by atoms with Crippen molar-refractivity contribution in [2.24, 2.45) is 5.73 Å². The molecule has 158 valence electrons. The number of aromatic nitrogens is 3. The fraction of sp³-hybridized carbons (Fsp3) is 0.211. The van der Waals surface area contributed by atoms with Crippen LogP contribution < -0.4 is 10.5 Å². The van der Waals surface area contributed by atoms with Gasteiger partial charge >= 0.3 is 5.97 Å². The molecule has 3 rings (SSSR count). The number of nitrogens with zero attached hydrogens (tertiary/aromatic N) is 3. The molecule has 0 saturated heterocycles. The maximum atomic E-state index is 14.0. The van der Waals surface area contributed by atoms with Crippen LogP contribution in [0.2, 0.25) is 0 Å². The van der Waals surface area contributed by atoms with Gasteiger partial charge in [0.05, 0.1) is 29.6 Å². The first-order chi connectivity index (χ1) is 14.3. The summed E-state index contributed by atoms with van der Waals surface area (Å²) in [6.07, 6.45) is 1.21. The van der Waals surface area contributed by atoms with Crippen molar-refractivity contribution < 1.29 is 22.3 Å². The Morgan fingerprint density at radius 2 is 2.10 bits per heavy atom. The number of nitrogens with one attached hydrogen (secondary N) is 1. The molecule has 9 nitrogen and oxygen atoms in total. The number of methoxy groups -OCH3 is 1. The van der Waals surface area contributed by atoms with E-state index in [1.54, 1.807) is 12.1 Å². The Kier molecular flexibility index (Phi) is 6.25. The smallest absolute Gasteiger partial charge is 0.337 e. The van der Waals surface area contributed by atoms with Crippen LogP contribution in [-0.4, -0.2) is 50.1 Å². The van der Waals surface area contributed by atoms with Gasteiger partial charge in [-0.15, -0.1) is 5.10 Å². The molecule has 2 aromatic carbocycles. The molecule has 0 bridgehead atoms. The number of nitrogens with two attached hydrogens (primary N) is 1. The molecule has 11 heteroatoms. The molecule has 1 heterocycles. The third-order valence-electron chi connectivity index (χ3n) is 4.41. The molecular weight excluding hydrogens is 413 g/mol. The standard InChI is InChI=1S/C19H20FN5O4S/c1-22-30(27,28)15-5-3-4-12(8-15)16-9-13(19(26)29-2)10-17-18(16)23-24-25(17)11-14(20)6-7-21/h3-6,8-10,22H,7,11,21H2,1-2H3/b14-6-. The molecule has 1 aromatic heterocycles. The Labute approximate surface area is 172 Å². The number of hydrogen-bond donors (Lipinski definition) is 2. The summed E-state index contributed by atoms with van der Waals surface area (Å²) in [6.45, 7) is -0.185. The number of hydrogen-bond acceptors (Lipinski definition) is 7. The predicted octanol–water partition coefficient (Wildman–Crippen LogP) is 1.61. The highest BCUT2D eigenvalue weighted by Gasteiger charge is 2.19. The summed E-state index contributed by atoms with van der Waals surface area (Å²) >= 11 is 0. The van der Waals surface area contributed by atoms with E-state index in [0.717, 1.165) is 0 Å². The quantitative estimate of drug-likeness (QED) is 0.542. The second kappa shape index (κ2) is 8.69. The van der Waals surface area contributed by atoms with E-state index < -0.39 is 21.8 Å². The molecule has 0 aliphatic heterocycles. The van der Waals surface area contributed by atoms with E-state index in [-0.39, 0.29) is 23.5 Å². The van der Waals surface area contributed by atoms with Crippen LogP contribution in [0.3, 0.4) is 0 Å². The van der Waals surface area contributed by atoms with Crippen LogP contribution >= 0.6 is 0 Å². The SMILES string of the molecule is CNS(=O)(=O)c1cccc(-c2cc(C(=O)OC)cc3c2nnn3C/C(F)=C/CN)c1. The fourth-order valence-corrected chi connectivity index (χ4v) is 3.70. The summed E-state index contributed by atoms with van der Waals surface area (Å²) in [5.41, 5.74) is 7.23. The highest BCUT2D eigenvalue weighted by atomic mass is 32.2. The summed E-state index contributed by atoms with van der Waals surface area (Å²) in [5.74, 6) is -1.11. The first-order valence-corrected chi connectivity index (χ1v) is 10.3. The minimum atomic E-state index is -3.68. The van der Waals surface area contributed by atoms with Gasteiger partial charge in [0.15, 0.2) is 0 Å². The van der Waals surface area contributed by atoms with Gasteiger partial charge in [-0.3, -0.25) is 0 Å². The zero-order chi connectivity index (χ0) is 21.9. The largest absolute Gasteiger partial charge is 0.465 e. The molecule has 0 amide bonds. The molecule has 0 spiro atoms. The first-order valence-electron chi connectivity index (χ1n) is 8.85. The Bertz CT molecular complexity index is 1240. The van der Waals surface area contributed by atoms with Gasteiger partial charge < -0.3 is 10.5 Å². The van der Waals surface area contributed by atoms with Crippen LogP contribution in [0, 0.1) is 0 Å². The van der Waals surface area contributed by atoms with Gasteiger partial charge in [0, 0.05) is 12.1 Å². The molecule has 0 unspecified atom stereocenters. The topological polar surface area (TPSA) is 129 Å². The summed E-state index contributed by atoms with van der Waals surface area (Å²) in [4.78, 5) is 12.2. The average Bonchev–Trinajstić information content (AvgIpc) is 3.15. The summed E-state index contributed by atoms with van der Waals surface area (Å²) in [7, 11) is -1.13. The van der Waals surface area contributed by atoms with E-state index in [1.807, 2.05) is 0 Å². The van der Waals surface area contributed by atoms with Crippen LogP contribution in [-0.2, 0) is 21.3 Å². The number of ether oxygens (including phenoxy) is 1. The van der Waals surface area contributed by atoms with Crippen molar-refractivity contribution in [1.82, 2.24) is 19.7 Å². The second-order valence-electron chi connectivity index (χ2n) is 6.25. The first kappa shape index (κ1) is 21.6. The van der Waals surface area contributed by atoms with Gasteiger partial charge in [0.1, 0.15) is 11.3 Å². The lowest BCUT2D eigenvalue weighted by Crippen LogP contribution is -2.18. The van der Waals surface area contributed by atoms with E-state index >= 15 is 0 Å². The van der Waals surface area contributed by atoms with E-state index in [4.69, 9.17) is 10.5 Å². The summed E-state index contributed by atoms with van der Waals surface area (Å²) in [6, 6.07) is 9.18. The highest BCUT2D eigenvalue weighted by molar-refractivity contribution is 7.89. The van der Waals surface area contributed by atoms with E-state index in [1.165, 1.54) is 49.2 Å². The van der Waals surface area contributed by atoms with E-state index in [9.17, 15) is 17.6 Å². The zero-order valence-electron chi connectivity index (χ0n) is 16.3. The van der Waals surface area contributed by atoms with Crippen LogP contribution in [0.25, 0.3) is 22.2 Å². The Hall–Kier alpha value is -3.15. The number of sulfonamides is 1. The Balaban J connectivity index is 2.24. The summed E-state index contributed by atoms with van der Waals surface area (Å²) in [5, 5.41) is 8.10. The van der Waals surface area contributed by atoms with Crippen molar-refractivity contribution in [3.8, 4) is 11.1 Å². The lowest BCUT2D eigenvalue weighted by Gasteiger charge is -2.09. The van der Waals surface area contributed by atoms with Gasteiger partial charge in [-0.2, -0.15) is 0 Å². The number of rotatable bonds is 7. The monoisotopic (exact) mass is 433 g/mol. The van der Waals surface area contributed by atoms with Crippen LogP contribution in [0.1, 0.15) is 10.4 Å². The van der Waals surface area contributed by atoms with Crippen molar-refractivity contribution in [3.05, 3.63) is 53.9 Å². The molecule has 0 aliphatic carbocycles. The van der Waals surface area contributed by atoms with Crippen molar-refractivity contribution in [2.75, 3.05) is 20.7 Å². The van der Waals surface area contributed by atoms with Gasteiger partial charge in [-0.1, -0.05) is 17.3 Å². The highest BCUT2D eigenvalue weighted by Crippen LogP contribution is 2.31. The van der Waals surface area contributed by atoms with E-state index in [0.29, 0.717) is 22.2 Å². The fourth-order valence-electron chi connectivity index (χ4n) is 2.92. The maximum absolute atomic E-state index is 14.0. The molecule has 0 radical (unpaired) electrons. The number of benzene rings is 2. The molecule has 30 heavy (non-hydrogen) atoms. The van der Waals surface area contributed by atoms with Crippen LogP contribution in [0.4, 0.5) is 4.39 Å².